The average Bonchev–Trinajstić information content (AvgIpc) is 2.81. The van der Waals surface area contributed by atoms with Crippen LogP contribution in [0.4, 0.5) is 5.69 Å². The Kier molecular flexibility index (Phi) is 4.39. The van der Waals surface area contributed by atoms with Gasteiger partial charge in [-0.05, 0) is 56.0 Å². The second kappa shape index (κ2) is 6.74. The van der Waals surface area contributed by atoms with Gasteiger partial charge in [0.1, 0.15) is 4.83 Å². The molecule has 1 aromatic carbocycles. The van der Waals surface area contributed by atoms with Gasteiger partial charge in [0, 0.05) is 22.5 Å². The molecule has 1 N–H and O–H groups in total. The molecule has 27 heavy (non-hydrogen) atoms. The third kappa shape index (κ3) is 3.19. The molecule has 0 bridgehead atoms. The lowest BCUT2D eigenvalue weighted by Crippen LogP contribution is -2.24. The first-order valence-electron chi connectivity index (χ1n) is 8.85. The monoisotopic (exact) mass is 381 g/mol. The molecule has 0 spiro atoms. The number of carbonyl (C=O) groups is 2. The Labute approximate surface area is 159 Å². The number of nitrogens with zero attached hydrogens (tertiary/aromatic N) is 2. The Morgan fingerprint density at radius 3 is 2.89 bits per heavy atom. The summed E-state index contributed by atoms with van der Waals surface area (Å²) in [5.41, 5.74) is 3.00. The summed E-state index contributed by atoms with van der Waals surface area (Å²) >= 11 is 1.49. The maximum Gasteiger partial charge on any atom is 0.262 e. The average molecular weight is 381 g/mol. The van der Waals surface area contributed by atoms with Gasteiger partial charge in [0.15, 0.2) is 5.78 Å². The first kappa shape index (κ1) is 17.6. The highest BCUT2D eigenvalue weighted by Gasteiger charge is 2.17. The highest BCUT2D eigenvalue weighted by molar-refractivity contribution is 7.18. The summed E-state index contributed by atoms with van der Waals surface area (Å²) in [5, 5.41) is 3.46. The molecule has 138 valence electrons. The van der Waals surface area contributed by atoms with E-state index < -0.39 is 0 Å². The largest absolute Gasteiger partial charge is 0.326 e. The van der Waals surface area contributed by atoms with Crippen LogP contribution >= 0.6 is 11.3 Å². The topological polar surface area (TPSA) is 81.1 Å². The number of benzene rings is 1. The van der Waals surface area contributed by atoms with E-state index in [1.165, 1.54) is 22.2 Å². The summed E-state index contributed by atoms with van der Waals surface area (Å²) in [7, 11) is 0. The van der Waals surface area contributed by atoms with Gasteiger partial charge >= 0.3 is 0 Å². The minimum atomic E-state index is -0.183. The minimum Gasteiger partial charge on any atom is -0.326 e. The molecule has 4 rings (SSSR count). The van der Waals surface area contributed by atoms with Crippen LogP contribution in [-0.2, 0) is 17.8 Å². The Morgan fingerprint density at radius 1 is 1.26 bits per heavy atom. The summed E-state index contributed by atoms with van der Waals surface area (Å²) in [6.45, 7) is 3.82. The number of aromatic nitrogens is 2. The minimum absolute atomic E-state index is 0.000168. The normalized spacial score (nSPS) is 13.9. The molecule has 0 radical (unpaired) electrons. The van der Waals surface area contributed by atoms with Crippen LogP contribution in [0.15, 0.2) is 29.3 Å². The fourth-order valence-electron chi connectivity index (χ4n) is 3.38. The molecule has 6 nitrogen and oxygen atoms in total. The first-order valence-corrected chi connectivity index (χ1v) is 9.67. The maximum atomic E-state index is 12.8. The van der Waals surface area contributed by atoms with Gasteiger partial charge in [0.25, 0.3) is 5.56 Å². The van der Waals surface area contributed by atoms with Gasteiger partial charge in [0.2, 0.25) is 5.91 Å². The Hall–Kier alpha value is -2.80. The molecule has 1 amide bonds. The van der Waals surface area contributed by atoms with Crippen LogP contribution < -0.4 is 10.9 Å². The highest BCUT2D eigenvalue weighted by Crippen LogP contribution is 2.26. The zero-order chi connectivity index (χ0) is 19.1. The number of ketones is 1. The molecule has 3 aromatic rings. The summed E-state index contributed by atoms with van der Waals surface area (Å²) in [5.74, 6) is -0.151. The van der Waals surface area contributed by atoms with Crippen LogP contribution in [0.25, 0.3) is 10.2 Å². The predicted octanol–water partition coefficient (Wildman–Crippen LogP) is 3.23. The van der Waals surface area contributed by atoms with E-state index in [0.717, 1.165) is 34.5 Å². The van der Waals surface area contributed by atoms with Gasteiger partial charge in [-0.3, -0.25) is 19.0 Å². The predicted molar refractivity (Wildman–Crippen MR) is 106 cm³/mol. The van der Waals surface area contributed by atoms with Crippen molar-refractivity contribution >= 4 is 38.9 Å². The smallest absolute Gasteiger partial charge is 0.262 e. The summed E-state index contributed by atoms with van der Waals surface area (Å²) in [6.07, 6.45) is 3.43. The lowest BCUT2D eigenvalue weighted by molar-refractivity contribution is -0.116. The maximum absolute atomic E-state index is 12.8. The van der Waals surface area contributed by atoms with E-state index in [1.807, 2.05) is 19.9 Å². The number of anilines is 1. The van der Waals surface area contributed by atoms with Crippen LogP contribution in [0.1, 0.15) is 39.2 Å². The van der Waals surface area contributed by atoms with Gasteiger partial charge in [-0.15, -0.1) is 11.3 Å². The fraction of sp³-hybridized carbons (Fsp3) is 0.300. The molecule has 2 aromatic heterocycles. The number of thiophene rings is 1. The van der Waals surface area contributed by atoms with Crippen molar-refractivity contribution in [3.8, 4) is 0 Å². The lowest BCUT2D eigenvalue weighted by atomic mass is 10.0. The van der Waals surface area contributed by atoms with E-state index >= 15 is 0 Å². The fourth-order valence-corrected chi connectivity index (χ4v) is 4.36. The number of hydrogen-bond acceptors (Lipinski definition) is 5. The van der Waals surface area contributed by atoms with Crippen molar-refractivity contribution in [1.29, 1.82) is 0 Å². The lowest BCUT2D eigenvalue weighted by Gasteiger charge is -2.10. The van der Waals surface area contributed by atoms with Gasteiger partial charge in [-0.25, -0.2) is 4.98 Å². The second-order valence-electron chi connectivity index (χ2n) is 6.84. The number of nitrogens with one attached hydrogen (secondary N) is 1. The molecular weight excluding hydrogens is 362 g/mol. The van der Waals surface area contributed by atoms with E-state index in [1.54, 1.807) is 12.1 Å². The Bertz CT molecular complexity index is 1140. The van der Waals surface area contributed by atoms with Crippen molar-refractivity contribution in [3.05, 3.63) is 56.4 Å². The molecule has 1 aliphatic rings. The standard InChI is InChI=1S/C20H19N3O3S/c1-11-12(2)27-19-18(11)20(26)23(10-21-19)9-16(24)14-6-7-15-13(8-14)4-3-5-17(25)22-15/h6-8,10H,3-5,9H2,1-2H3,(H,22,25). The van der Waals surface area contributed by atoms with Gasteiger partial charge in [0.05, 0.1) is 18.3 Å². The van der Waals surface area contributed by atoms with Crippen molar-refractivity contribution < 1.29 is 9.59 Å². The van der Waals surface area contributed by atoms with Gasteiger partial charge in [-0.1, -0.05) is 0 Å². The van der Waals surface area contributed by atoms with Crippen molar-refractivity contribution in [3.63, 3.8) is 0 Å². The van der Waals surface area contributed by atoms with Crippen LogP contribution in [0.3, 0.4) is 0 Å². The number of carbonyl (C=O) groups excluding carboxylic acids is 2. The molecular formula is C20H19N3O3S. The SMILES string of the molecule is Cc1sc2ncn(CC(=O)c3ccc4c(c3)CCCC(=O)N4)c(=O)c2c1C. The van der Waals surface area contributed by atoms with Crippen LogP contribution in [0.2, 0.25) is 0 Å². The summed E-state index contributed by atoms with van der Waals surface area (Å²) in [6, 6.07) is 5.28. The van der Waals surface area contributed by atoms with Crippen LogP contribution in [0.5, 0.6) is 0 Å². The summed E-state index contributed by atoms with van der Waals surface area (Å²) in [4.78, 5) is 43.3. The number of fused-ring (bicyclic) bond motifs is 2. The second-order valence-corrected chi connectivity index (χ2v) is 8.04. The van der Waals surface area contributed by atoms with Crippen LogP contribution in [-0.4, -0.2) is 21.2 Å². The Morgan fingerprint density at radius 2 is 2.07 bits per heavy atom. The molecule has 0 saturated heterocycles. The van der Waals surface area contributed by atoms with Crippen molar-refractivity contribution in [2.24, 2.45) is 0 Å². The Balaban J connectivity index is 1.65. The first-order chi connectivity index (χ1) is 12.9. The molecule has 0 fully saturated rings. The molecule has 0 aliphatic carbocycles. The van der Waals surface area contributed by atoms with E-state index in [-0.39, 0.29) is 23.8 Å². The zero-order valence-corrected chi connectivity index (χ0v) is 16.0. The molecule has 0 atom stereocenters. The zero-order valence-electron chi connectivity index (χ0n) is 15.2. The molecule has 7 heteroatoms. The van der Waals surface area contributed by atoms with Gasteiger partial charge < -0.3 is 5.32 Å². The quantitative estimate of drug-likeness (QED) is 0.706. The summed E-state index contributed by atoms with van der Waals surface area (Å²) < 4.78 is 1.37. The van der Waals surface area contributed by atoms with E-state index in [9.17, 15) is 14.4 Å². The molecule has 1 aliphatic heterocycles. The van der Waals surface area contributed by atoms with E-state index in [0.29, 0.717) is 22.2 Å². The number of amides is 1. The molecule has 0 saturated carbocycles. The number of hydrogen-bond donors (Lipinski definition) is 1. The van der Waals surface area contributed by atoms with Gasteiger partial charge in [-0.2, -0.15) is 0 Å². The molecule has 0 unspecified atom stereocenters. The highest BCUT2D eigenvalue weighted by atomic mass is 32.1. The number of rotatable bonds is 3. The molecule has 3 heterocycles. The van der Waals surface area contributed by atoms with E-state index in [2.05, 4.69) is 10.3 Å². The number of aryl methyl sites for hydroxylation is 3. The third-order valence-corrected chi connectivity index (χ3v) is 6.14. The van der Waals surface area contributed by atoms with Crippen molar-refractivity contribution in [2.75, 3.05) is 5.32 Å². The van der Waals surface area contributed by atoms with Crippen LogP contribution in [0, 0.1) is 13.8 Å². The number of Topliss-reactive ketones (excluding diaryl/α,β-unsaturated/α-hetero) is 1. The van der Waals surface area contributed by atoms with Crippen molar-refractivity contribution in [2.45, 2.75) is 39.7 Å². The third-order valence-electron chi connectivity index (χ3n) is 5.02. The van der Waals surface area contributed by atoms with Crippen molar-refractivity contribution in [1.82, 2.24) is 9.55 Å². The van der Waals surface area contributed by atoms with E-state index in [4.69, 9.17) is 0 Å².